The van der Waals surface area contributed by atoms with Gasteiger partial charge in [-0.3, -0.25) is 14.5 Å². The standard InChI is InChI=1S/C20H20BrN3O3/c1-20(2,3)24-17(25)14-9-8-13(10-15(14)18(24)26)23-19(27)22-11-12-6-4-5-7-16(12)21/h4-10H,11H2,1-3H3,(H2,22,23,27). The summed E-state index contributed by atoms with van der Waals surface area (Å²) in [6.45, 7) is 5.78. The van der Waals surface area contributed by atoms with Crippen molar-refractivity contribution >= 4 is 39.5 Å². The first-order valence-corrected chi connectivity index (χ1v) is 9.29. The molecule has 7 heteroatoms. The topological polar surface area (TPSA) is 78.5 Å². The summed E-state index contributed by atoms with van der Waals surface area (Å²) in [6, 6.07) is 11.9. The molecule has 2 N–H and O–H groups in total. The van der Waals surface area contributed by atoms with Gasteiger partial charge < -0.3 is 10.6 Å². The summed E-state index contributed by atoms with van der Waals surface area (Å²) < 4.78 is 0.911. The molecule has 0 bridgehead atoms. The Bertz CT molecular complexity index is 934. The number of benzene rings is 2. The molecule has 6 nitrogen and oxygen atoms in total. The molecule has 27 heavy (non-hydrogen) atoms. The van der Waals surface area contributed by atoms with Crippen LogP contribution in [-0.2, 0) is 6.54 Å². The van der Waals surface area contributed by atoms with Crippen LogP contribution in [0.4, 0.5) is 10.5 Å². The number of carbonyl (C=O) groups is 3. The zero-order valence-electron chi connectivity index (χ0n) is 15.3. The van der Waals surface area contributed by atoms with Gasteiger partial charge in [-0.1, -0.05) is 34.1 Å². The van der Waals surface area contributed by atoms with Gasteiger partial charge in [0.1, 0.15) is 0 Å². The van der Waals surface area contributed by atoms with Gasteiger partial charge in [0.2, 0.25) is 0 Å². The predicted octanol–water partition coefficient (Wildman–Crippen LogP) is 4.17. The van der Waals surface area contributed by atoms with Crippen molar-refractivity contribution in [3.63, 3.8) is 0 Å². The highest BCUT2D eigenvalue weighted by atomic mass is 79.9. The second-order valence-corrected chi connectivity index (χ2v) is 8.13. The van der Waals surface area contributed by atoms with E-state index in [2.05, 4.69) is 26.6 Å². The molecule has 1 aliphatic heterocycles. The van der Waals surface area contributed by atoms with Crippen molar-refractivity contribution in [2.45, 2.75) is 32.9 Å². The quantitative estimate of drug-likeness (QED) is 0.718. The van der Waals surface area contributed by atoms with Crippen LogP contribution in [0.5, 0.6) is 0 Å². The Morgan fingerprint density at radius 2 is 1.70 bits per heavy atom. The minimum atomic E-state index is -0.610. The van der Waals surface area contributed by atoms with E-state index in [0.29, 0.717) is 23.4 Å². The number of amides is 4. The Morgan fingerprint density at radius 3 is 2.37 bits per heavy atom. The number of hydrogen-bond acceptors (Lipinski definition) is 3. The monoisotopic (exact) mass is 429 g/mol. The van der Waals surface area contributed by atoms with Gasteiger partial charge in [-0.05, 0) is 50.6 Å². The van der Waals surface area contributed by atoms with Crippen molar-refractivity contribution in [1.82, 2.24) is 10.2 Å². The maximum absolute atomic E-state index is 12.6. The summed E-state index contributed by atoms with van der Waals surface area (Å²) in [5.41, 5.74) is 1.45. The molecule has 3 rings (SSSR count). The average molecular weight is 430 g/mol. The van der Waals surface area contributed by atoms with Crippen molar-refractivity contribution in [2.75, 3.05) is 5.32 Å². The fraction of sp³-hybridized carbons (Fsp3) is 0.250. The maximum atomic E-state index is 12.6. The van der Waals surface area contributed by atoms with Gasteiger partial charge in [-0.25, -0.2) is 4.79 Å². The number of fused-ring (bicyclic) bond motifs is 1. The molecule has 0 unspecified atom stereocenters. The Labute approximate surface area is 166 Å². The van der Waals surface area contributed by atoms with Crippen molar-refractivity contribution < 1.29 is 14.4 Å². The number of nitrogens with one attached hydrogen (secondary N) is 2. The number of anilines is 1. The lowest BCUT2D eigenvalue weighted by atomic mass is 10.1. The van der Waals surface area contributed by atoms with Gasteiger partial charge in [0.05, 0.1) is 11.1 Å². The molecule has 0 spiro atoms. The number of hydrogen-bond donors (Lipinski definition) is 2. The van der Waals surface area contributed by atoms with Crippen LogP contribution in [0.2, 0.25) is 0 Å². The summed E-state index contributed by atoms with van der Waals surface area (Å²) in [6.07, 6.45) is 0. The second kappa shape index (κ2) is 7.15. The third-order valence-corrected chi connectivity index (χ3v) is 4.99. The van der Waals surface area contributed by atoms with Crippen LogP contribution in [0.1, 0.15) is 47.1 Å². The first-order chi connectivity index (χ1) is 12.7. The molecule has 140 valence electrons. The molecule has 1 heterocycles. The summed E-state index contributed by atoms with van der Waals surface area (Å²) in [7, 11) is 0. The molecule has 1 aliphatic rings. The number of halogens is 1. The zero-order valence-corrected chi connectivity index (χ0v) is 16.9. The summed E-state index contributed by atoms with van der Waals surface area (Å²) >= 11 is 3.43. The molecule has 0 aromatic heterocycles. The van der Waals surface area contributed by atoms with E-state index < -0.39 is 11.6 Å². The third-order valence-electron chi connectivity index (χ3n) is 4.21. The van der Waals surface area contributed by atoms with E-state index in [1.807, 2.05) is 45.0 Å². The highest BCUT2D eigenvalue weighted by Gasteiger charge is 2.41. The fourth-order valence-corrected chi connectivity index (χ4v) is 3.35. The highest BCUT2D eigenvalue weighted by molar-refractivity contribution is 9.10. The lowest BCUT2D eigenvalue weighted by Crippen LogP contribution is -2.45. The number of imide groups is 1. The highest BCUT2D eigenvalue weighted by Crippen LogP contribution is 2.30. The van der Waals surface area contributed by atoms with Crippen LogP contribution >= 0.6 is 15.9 Å². The average Bonchev–Trinajstić information content (AvgIpc) is 2.84. The molecule has 0 saturated carbocycles. The summed E-state index contributed by atoms with van der Waals surface area (Å²) in [5, 5.41) is 5.47. The van der Waals surface area contributed by atoms with Crippen LogP contribution in [0.25, 0.3) is 0 Å². The number of nitrogens with zero attached hydrogens (tertiary/aromatic N) is 1. The SMILES string of the molecule is CC(C)(C)N1C(=O)c2ccc(NC(=O)NCc3ccccc3Br)cc2C1=O. The van der Waals surface area contributed by atoms with Crippen LogP contribution < -0.4 is 10.6 Å². The molecule has 0 fully saturated rings. The first kappa shape index (κ1) is 19.1. The van der Waals surface area contributed by atoms with E-state index in [1.165, 1.54) is 4.90 Å². The smallest absolute Gasteiger partial charge is 0.319 e. The Hall–Kier alpha value is -2.67. The second-order valence-electron chi connectivity index (χ2n) is 7.28. The number of urea groups is 1. The zero-order chi connectivity index (χ0) is 19.8. The van der Waals surface area contributed by atoms with Crippen molar-refractivity contribution in [2.24, 2.45) is 0 Å². The van der Waals surface area contributed by atoms with Gasteiger partial charge in [0.25, 0.3) is 11.8 Å². The maximum Gasteiger partial charge on any atom is 0.319 e. The van der Waals surface area contributed by atoms with E-state index in [4.69, 9.17) is 0 Å². The van der Waals surface area contributed by atoms with Gasteiger partial charge in [-0.15, -0.1) is 0 Å². The molecule has 2 aromatic rings. The molecular formula is C20H20BrN3O3. The molecule has 0 saturated heterocycles. The normalized spacial score (nSPS) is 13.6. The molecule has 2 aromatic carbocycles. The first-order valence-electron chi connectivity index (χ1n) is 8.49. The van der Waals surface area contributed by atoms with Crippen LogP contribution in [-0.4, -0.2) is 28.3 Å². The summed E-state index contributed by atoms with van der Waals surface area (Å²) in [5.74, 6) is -0.660. The van der Waals surface area contributed by atoms with Crippen LogP contribution in [0, 0.1) is 0 Å². The van der Waals surface area contributed by atoms with Gasteiger partial charge >= 0.3 is 6.03 Å². The Balaban J connectivity index is 1.71. The van der Waals surface area contributed by atoms with Gasteiger partial charge in [0.15, 0.2) is 0 Å². The van der Waals surface area contributed by atoms with Crippen LogP contribution in [0.15, 0.2) is 46.9 Å². The fourth-order valence-electron chi connectivity index (χ4n) is 2.92. The lowest BCUT2D eigenvalue weighted by Gasteiger charge is -2.29. The molecule has 0 atom stereocenters. The van der Waals surface area contributed by atoms with Crippen molar-refractivity contribution in [3.05, 3.63) is 63.6 Å². The number of rotatable bonds is 3. The van der Waals surface area contributed by atoms with E-state index in [9.17, 15) is 14.4 Å². The largest absolute Gasteiger partial charge is 0.334 e. The Morgan fingerprint density at radius 1 is 1.04 bits per heavy atom. The lowest BCUT2D eigenvalue weighted by molar-refractivity contribution is 0.0507. The van der Waals surface area contributed by atoms with Gasteiger partial charge in [-0.2, -0.15) is 0 Å². The van der Waals surface area contributed by atoms with E-state index in [0.717, 1.165) is 10.0 Å². The molecule has 0 radical (unpaired) electrons. The molecule has 0 aliphatic carbocycles. The van der Waals surface area contributed by atoms with E-state index in [1.54, 1.807) is 18.2 Å². The summed E-state index contributed by atoms with van der Waals surface area (Å²) in [4.78, 5) is 38.5. The third kappa shape index (κ3) is 3.88. The van der Waals surface area contributed by atoms with Crippen LogP contribution in [0.3, 0.4) is 0 Å². The van der Waals surface area contributed by atoms with Crippen molar-refractivity contribution in [1.29, 1.82) is 0 Å². The minimum Gasteiger partial charge on any atom is -0.334 e. The van der Waals surface area contributed by atoms with E-state index >= 15 is 0 Å². The molecular weight excluding hydrogens is 410 g/mol. The minimum absolute atomic E-state index is 0.304. The molecule has 4 amide bonds. The van der Waals surface area contributed by atoms with E-state index in [-0.39, 0.29) is 11.8 Å². The number of carbonyl (C=O) groups excluding carboxylic acids is 3. The van der Waals surface area contributed by atoms with Gasteiger partial charge in [0, 0.05) is 22.2 Å². The predicted molar refractivity (Wildman–Crippen MR) is 107 cm³/mol. The van der Waals surface area contributed by atoms with Crippen molar-refractivity contribution in [3.8, 4) is 0 Å². The Kier molecular flexibility index (Phi) is 5.06.